The maximum atomic E-state index is 11.8. The summed E-state index contributed by atoms with van der Waals surface area (Å²) < 4.78 is -1.10. The molecule has 1 aromatic carbocycles. The number of carbonyl (C=O) groups is 2. The molecular weight excluding hydrogens is 303 g/mol. The van der Waals surface area contributed by atoms with E-state index in [2.05, 4.69) is 15.9 Å². The van der Waals surface area contributed by atoms with Crippen LogP contribution in [-0.4, -0.2) is 15.9 Å². The fraction of sp³-hybridized carbons (Fsp3) is 0.200. The molecular formula is C10H5BrCl2O2. The molecule has 0 unspecified atom stereocenters. The Kier molecular flexibility index (Phi) is 2.65. The number of halogens is 3. The van der Waals surface area contributed by atoms with E-state index in [1.807, 2.05) is 0 Å². The van der Waals surface area contributed by atoms with E-state index < -0.39 is 15.9 Å². The van der Waals surface area contributed by atoms with Crippen LogP contribution in [0, 0.1) is 0 Å². The van der Waals surface area contributed by atoms with Crippen LogP contribution in [0.3, 0.4) is 0 Å². The topological polar surface area (TPSA) is 34.1 Å². The van der Waals surface area contributed by atoms with Crippen LogP contribution < -0.4 is 0 Å². The molecule has 0 saturated carbocycles. The Balaban J connectivity index is 2.61. The van der Waals surface area contributed by atoms with Crippen LogP contribution in [0.5, 0.6) is 0 Å². The first-order valence-electron chi connectivity index (χ1n) is 4.17. The van der Waals surface area contributed by atoms with Gasteiger partial charge in [-0.05, 0) is 23.8 Å². The van der Waals surface area contributed by atoms with Gasteiger partial charge in [0, 0.05) is 16.5 Å². The third kappa shape index (κ3) is 1.73. The number of ketones is 2. The van der Waals surface area contributed by atoms with Gasteiger partial charge in [0.1, 0.15) is 0 Å². The summed E-state index contributed by atoms with van der Waals surface area (Å²) in [6.07, 6.45) is 0.0908. The maximum Gasteiger partial charge on any atom is 0.238 e. The van der Waals surface area contributed by atoms with Gasteiger partial charge in [0.05, 0.1) is 0 Å². The SMILES string of the molecule is O=C1Cc2cc(Br)ccc2C(=O)C1(Cl)Cl. The molecule has 78 valence electrons. The molecule has 2 nitrogen and oxygen atoms in total. The van der Waals surface area contributed by atoms with Crippen LogP contribution in [0.1, 0.15) is 15.9 Å². The van der Waals surface area contributed by atoms with Crippen molar-refractivity contribution in [2.75, 3.05) is 0 Å². The fourth-order valence-electron chi connectivity index (χ4n) is 1.51. The molecule has 0 bridgehead atoms. The van der Waals surface area contributed by atoms with E-state index in [1.165, 1.54) is 0 Å². The summed E-state index contributed by atoms with van der Waals surface area (Å²) in [7, 11) is 0. The number of benzene rings is 1. The molecule has 0 fully saturated rings. The summed E-state index contributed by atoms with van der Waals surface area (Å²) >= 11 is 14.7. The van der Waals surface area contributed by atoms with Gasteiger partial charge in [0.15, 0.2) is 5.78 Å². The number of rotatable bonds is 0. The minimum atomic E-state index is -1.92. The standard InChI is InChI=1S/C10H5BrCl2O2/c11-6-1-2-7-5(3-6)4-8(14)10(12,13)9(7)15/h1-3H,4H2. The molecule has 1 aliphatic rings. The lowest BCUT2D eigenvalue weighted by atomic mass is 9.89. The van der Waals surface area contributed by atoms with Crippen LogP contribution >= 0.6 is 39.1 Å². The first-order chi connectivity index (χ1) is 6.93. The van der Waals surface area contributed by atoms with E-state index in [4.69, 9.17) is 23.2 Å². The second kappa shape index (κ2) is 3.58. The Morgan fingerprint density at radius 1 is 1.27 bits per heavy atom. The summed E-state index contributed by atoms with van der Waals surface area (Å²) in [6, 6.07) is 5.07. The Morgan fingerprint density at radius 2 is 1.93 bits per heavy atom. The molecule has 1 aliphatic carbocycles. The number of hydrogen-bond acceptors (Lipinski definition) is 2. The molecule has 0 heterocycles. The monoisotopic (exact) mass is 306 g/mol. The van der Waals surface area contributed by atoms with Gasteiger partial charge in [-0.3, -0.25) is 9.59 Å². The van der Waals surface area contributed by atoms with E-state index >= 15 is 0 Å². The van der Waals surface area contributed by atoms with Crippen molar-refractivity contribution in [3.63, 3.8) is 0 Å². The zero-order valence-corrected chi connectivity index (χ0v) is 10.5. The van der Waals surface area contributed by atoms with Crippen molar-refractivity contribution in [3.05, 3.63) is 33.8 Å². The average molecular weight is 308 g/mol. The van der Waals surface area contributed by atoms with Gasteiger partial charge in [-0.2, -0.15) is 0 Å². The van der Waals surface area contributed by atoms with Crippen LogP contribution in [-0.2, 0) is 11.2 Å². The molecule has 0 amide bonds. The maximum absolute atomic E-state index is 11.8. The Hall–Kier alpha value is -0.380. The number of Topliss-reactive ketones (excluding diaryl/α,β-unsaturated/α-hetero) is 2. The summed E-state index contributed by atoms with van der Waals surface area (Å²) in [4.78, 5) is 23.3. The van der Waals surface area contributed by atoms with Gasteiger partial charge < -0.3 is 0 Å². The first-order valence-corrected chi connectivity index (χ1v) is 5.72. The van der Waals surface area contributed by atoms with E-state index in [-0.39, 0.29) is 6.42 Å². The second-order valence-corrected chi connectivity index (χ2v) is 5.55. The molecule has 0 N–H and O–H groups in total. The minimum absolute atomic E-state index is 0.0908. The average Bonchev–Trinajstić information content (AvgIpc) is 2.15. The molecule has 0 spiro atoms. The zero-order chi connectivity index (χ0) is 11.2. The first kappa shape index (κ1) is 11.1. The van der Waals surface area contributed by atoms with Gasteiger partial charge in [-0.25, -0.2) is 0 Å². The molecule has 1 aromatic rings. The van der Waals surface area contributed by atoms with E-state index in [1.54, 1.807) is 18.2 Å². The van der Waals surface area contributed by atoms with E-state index in [0.29, 0.717) is 11.1 Å². The van der Waals surface area contributed by atoms with Crippen molar-refractivity contribution in [1.29, 1.82) is 0 Å². The highest BCUT2D eigenvalue weighted by Gasteiger charge is 2.46. The van der Waals surface area contributed by atoms with Crippen molar-refractivity contribution in [2.24, 2.45) is 0 Å². The third-order valence-corrected chi connectivity index (χ3v) is 3.56. The predicted molar refractivity (Wildman–Crippen MR) is 61.6 cm³/mol. The number of alkyl halides is 2. The summed E-state index contributed by atoms with van der Waals surface area (Å²) in [5.41, 5.74) is 1.08. The lowest BCUT2D eigenvalue weighted by Gasteiger charge is -2.24. The predicted octanol–water partition coefficient (Wildman–Crippen LogP) is 2.93. The fourth-order valence-corrected chi connectivity index (χ4v) is 2.26. The molecule has 0 saturated heterocycles. The highest BCUT2D eigenvalue weighted by Crippen LogP contribution is 2.35. The molecule has 15 heavy (non-hydrogen) atoms. The summed E-state index contributed by atoms with van der Waals surface area (Å²) in [6.45, 7) is 0. The van der Waals surface area contributed by atoms with Gasteiger partial charge in [0.2, 0.25) is 10.1 Å². The third-order valence-electron chi connectivity index (χ3n) is 2.30. The Bertz CT molecular complexity index is 468. The van der Waals surface area contributed by atoms with Crippen molar-refractivity contribution in [1.82, 2.24) is 0 Å². The van der Waals surface area contributed by atoms with Crippen molar-refractivity contribution < 1.29 is 9.59 Å². The largest absolute Gasteiger partial charge is 0.295 e. The smallest absolute Gasteiger partial charge is 0.238 e. The highest BCUT2D eigenvalue weighted by atomic mass is 79.9. The molecule has 0 aliphatic heterocycles. The molecule has 0 radical (unpaired) electrons. The van der Waals surface area contributed by atoms with Crippen molar-refractivity contribution >= 4 is 50.7 Å². The molecule has 2 rings (SSSR count). The Labute approximate surface area is 105 Å². The summed E-state index contributed by atoms with van der Waals surface area (Å²) in [5, 5.41) is 0. The minimum Gasteiger partial charge on any atom is -0.295 e. The molecule has 5 heteroatoms. The van der Waals surface area contributed by atoms with Gasteiger partial charge in [-0.15, -0.1) is 0 Å². The molecule has 0 atom stereocenters. The number of hydrogen-bond donors (Lipinski definition) is 0. The van der Waals surface area contributed by atoms with Crippen LogP contribution in [0.4, 0.5) is 0 Å². The van der Waals surface area contributed by atoms with Crippen LogP contribution in [0.2, 0.25) is 0 Å². The van der Waals surface area contributed by atoms with Gasteiger partial charge in [0.25, 0.3) is 0 Å². The van der Waals surface area contributed by atoms with Crippen molar-refractivity contribution in [3.8, 4) is 0 Å². The second-order valence-electron chi connectivity index (χ2n) is 3.30. The summed E-state index contributed by atoms with van der Waals surface area (Å²) in [5.74, 6) is -1.01. The van der Waals surface area contributed by atoms with Crippen molar-refractivity contribution in [2.45, 2.75) is 10.8 Å². The van der Waals surface area contributed by atoms with E-state index in [0.717, 1.165) is 4.47 Å². The lowest BCUT2D eigenvalue weighted by molar-refractivity contribution is -0.118. The lowest BCUT2D eigenvalue weighted by Crippen LogP contribution is -2.41. The van der Waals surface area contributed by atoms with Crippen LogP contribution in [0.15, 0.2) is 22.7 Å². The van der Waals surface area contributed by atoms with Gasteiger partial charge >= 0.3 is 0 Å². The zero-order valence-electron chi connectivity index (χ0n) is 7.39. The van der Waals surface area contributed by atoms with Crippen LogP contribution in [0.25, 0.3) is 0 Å². The quantitative estimate of drug-likeness (QED) is 0.545. The Morgan fingerprint density at radius 3 is 2.60 bits per heavy atom. The van der Waals surface area contributed by atoms with Gasteiger partial charge in [-0.1, -0.05) is 39.1 Å². The number of carbonyl (C=O) groups excluding carboxylic acids is 2. The normalized spacial score (nSPS) is 18.9. The van der Waals surface area contributed by atoms with E-state index in [9.17, 15) is 9.59 Å². The highest BCUT2D eigenvalue weighted by molar-refractivity contribution is 9.10. The molecule has 0 aromatic heterocycles. The number of fused-ring (bicyclic) bond motifs is 1.